The number of aromatic nitrogens is 3. The minimum absolute atomic E-state index is 0.141. The summed E-state index contributed by atoms with van der Waals surface area (Å²) in [5, 5.41) is 10.7. The van der Waals surface area contributed by atoms with Crippen LogP contribution < -0.4 is 10.7 Å². The molecule has 0 atom stereocenters. The first-order valence-electron chi connectivity index (χ1n) is 5.02. The van der Waals surface area contributed by atoms with E-state index >= 15 is 0 Å². The van der Waals surface area contributed by atoms with Gasteiger partial charge in [0.25, 0.3) is 5.89 Å². The van der Waals surface area contributed by atoms with Crippen LogP contribution in [0, 0.1) is 0 Å². The van der Waals surface area contributed by atoms with Gasteiger partial charge >= 0.3 is 0 Å². The van der Waals surface area contributed by atoms with Crippen LogP contribution in [-0.2, 0) is 6.54 Å². The highest BCUT2D eigenvalue weighted by molar-refractivity contribution is 5.49. The molecule has 16 heavy (non-hydrogen) atoms. The molecule has 0 aliphatic carbocycles. The van der Waals surface area contributed by atoms with Crippen molar-refractivity contribution in [3.8, 4) is 11.5 Å². The number of H-pyrrole nitrogens is 1. The molecule has 0 aromatic carbocycles. The lowest BCUT2D eigenvalue weighted by atomic mass is 10.3. The Bertz CT molecular complexity index is 517. The number of aromatic amines is 1. The zero-order valence-electron chi connectivity index (χ0n) is 8.86. The Morgan fingerprint density at radius 1 is 1.50 bits per heavy atom. The predicted molar refractivity (Wildman–Crippen MR) is 57.7 cm³/mol. The first-order valence-corrected chi connectivity index (χ1v) is 5.02. The number of pyridine rings is 1. The lowest BCUT2D eigenvalue weighted by molar-refractivity contribution is 0.481. The molecule has 6 heteroatoms. The lowest BCUT2D eigenvalue weighted by Crippen LogP contribution is -2.11. The Kier molecular flexibility index (Phi) is 3.11. The van der Waals surface area contributed by atoms with Crippen LogP contribution in [0.15, 0.2) is 27.7 Å². The van der Waals surface area contributed by atoms with Gasteiger partial charge in [0.1, 0.15) is 5.56 Å². The van der Waals surface area contributed by atoms with Crippen molar-refractivity contribution in [2.45, 2.75) is 13.5 Å². The molecule has 84 valence electrons. The molecule has 0 unspecified atom stereocenters. The Morgan fingerprint density at radius 2 is 2.38 bits per heavy atom. The van der Waals surface area contributed by atoms with Crippen LogP contribution in [-0.4, -0.2) is 21.7 Å². The van der Waals surface area contributed by atoms with Crippen molar-refractivity contribution in [2.75, 3.05) is 6.54 Å². The average molecular weight is 220 g/mol. The predicted octanol–water partition coefficient (Wildman–Crippen LogP) is 0.534. The van der Waals surface area contributed by atoms with Gasteiger partial charge in [-0.05, 0) is 6.54 Å². The van der Waals surface area contributed by atoms with Crippen LogP contribution in [0.3, 0.4) is 0 Å². The van der Waals surface area contributed by atoms with Gasteiger partial charge in [0.2, 0.25) is 5.89 Å². The van der Waals surface area contributed by atoms with Crippen molar-refractivity contribution in [3.05, 3.63) is 34.6 Å². The van der Waals surface area contributed by atoms with Crippen LogP contribution in [0.1, 0.15) is 12.8 Å². The van der Waals surface area contributed by atoms with Crippen molar-refractivity contribution in [2.24, 2.45) is 0 Å². The molecule has 0 fully saturated rings. The van der Waals surface area contributed by atoms with E-state index in [1.54, 1.807) is 12.4 Å². The molecule has 2 N–H and O–H groups in total. The summed E-state index contributed by atoms with van der Waals surface area (Å²) >= 11 is 0. The largest absolute Gasteiger partial charge is 0.419 e. The molecule has 6 nitrogen and oxygen atoms in total. The third kappa shape index (κ3) is 2.17. The summed E-state index contributed by atoms with van der Waals surface area (Å²) < 4.78 is 5.35. The fourth-order valence-corrected chi connectivity index (χ4v) is 1.25. The smallest absolute Gasteiger partial charge is 0.253 e. The van der Waals surface area contributed by atoms with E-state index in [0.29, 0.717) is 18.0 Å². The van der Waals surface area contributed by atoms with Crippen molar-refractivity contribution < 1.29 is 4.42 Å². The van der Waals surface area contributed by atoms with Crippen molar-refractivity contribution in [1.29, 1.82) is 0 Å². The second kappa shape index (κ2) is 4.71. The van der Waals surface area contributed by atoms with Gasteiger partial charge in [-0.1, -0.05) is 6.92 Å². The molecule has 0 amide bonds. The number of nitrogens with one attached hydrogen (secondary N) is 2. The maximum Gasteiger partial charge on any atom is 0.253 e. The summed E-state index contributed by atoms with van der Waals surface area (Å²) in [5.74, 6) is 0.717. The van der Waals surface area contributed by atoms with Crippen LogP contribution in [0.25, 0.3) is 11.5 Å². The van der Waals surface area contributed by atoms with Crippen molar-refractivity contribution >= 4 is 0 Å². The molecule has 0 radical (unpaired) electrons. The summed E-state index contributed by atoms with van der Waals surface area (Å²) in [5.41, 5.74) is 0.246. The first-order chi connectivity index (χ1) is 7.81. The van der Waals surface area contributed by atoms with Gasteiger partial charge < -0.3 is 14.7 Å². The molecule has 0 spiro atoms. The Morgan fingerprint density at radius 3 is 3.12 bits per heavy atom. The van der Waals surface area contributed by atoms with Crippen molar-refractivity contribution in [1.82, 2.24) is 20.5 Å². The van der Waals surface area contributed by atoms with Gasteiger partial charge in [-0.25, -0.2) is 0 Å². The molecule has 0 saturated heterocycles. The molecule has 2 heterocycles. The molecule has 2 aromatic heterocycles. The highest BCUT2D eigenvalue weighted by Crippen LogP contribution is 2.11. The average Bonchev–Trinajstić information content (AvgIpc) is 2.75. The summed E-state index contributed by atoms with van der Waals surface area (Å²) in [6.07, 6.45) is 3.11. The number of rotatable bonds is 4. The van der Waals surface area contributed by atoms with Crippen LogP contribution in [0.2, 0.25) is 0 Å². The second-order valence-electron chi connectivity index (χ2n) is 3.20. The quantitative estimate of drug-likeness (QED) is 0.785. The molecule has 2 aromatic rings. The van der Waals surface area contributed by atoms with Gasteiger partial charge in [-0.15, -0.1) is 10.2 Å². The van der Waals surface area contributed by atoms with E-state index in [1.807, 2.05) is 6.92 Å². The van der Waals surface area contributed by atoms with Crippen molar-refractivity contribution in [3.63, 3.8) is 0 Å². The number of nitrogens with zero attached hydrogens (tertiary/aromatic N) is 2. The normalized spacial score (nSPS) is 10.6. The van der Waals surface area contributed by atoms with Gasteiger partial charge in [-0.3, -0.25) is 4.79 Å². The number of hydrogen-bond acceptors (Lipinski definition) is 5. The lowest BCUT2D eigenvalue weighted by Gasteiger charge is -1.94. The summed E-state index contributed by atoms with van der Waals surface area (Å²) in [7, 11) is 0. The standard InChI is InChI=1S/C10H12N4O2/c1-2-11-6-9-13-14-10(16-9)7-5-12-4-3-8(7)15/h3-5,11H,2,6H2,1H3,(H,12,15). The molecule has 0 aliphatic rings. The number of hydrogen-bond donors (Lipinski definition) is 2. The summed E-state index contributed by atoms with van der Waals surface area (Å²) in [6, 6.07) is 1.42. The fourth-order valence-electron chi connectivity index (χ4n) is 1.25. The minimum atomic E-state index is -0.141. The Balaban J connectivity index is 2.25. The first kappa shape index (κ1) is 10.6. The van der Waals surface area contributed by atoms with E-state index in [1.165, 1.54) is 6.07 Å². The summed E-state index contributed by atoms with van der Waals surface area (Å²) in [6.45, 7) is 3.32. The Labute approximate surface area is 91.7 Å². The third-order valence-electron chi connectivity index (χ3n) is 2.05. The van der Waals surface area contributed by atoms with E-state index in [4.69, 9.17) is 4.42 Å². The summed E-state index contributed by atoms with van der Waals surface area (Å²) in [4.78, 5) is 14.3. The van der Waals surface area contributed by atoms with E-state index in [-0.39, 0.29) is 11.3 Å². The van der Waals surface area contributed by atoms with Gasteiger partial charge in [-0.2, -0.15) is 0 Å². The zero-order valence-corrected chi connectivity index (χ0v) is 8.86. The molecule has 2 rings (SSSR count). The third-order valence-corrected chi connectivity index (χ3v) is 2.05. The molecule has 0 aliphatic heterocycles. The molecular weight excluding hydrogens is 208 g/mol. The monoisotopic (exact) mass is 220 g/mol. The van der Waals surface area contributed by atoms with E-state index in [2.05, 4.69) is 20.5 Å². The zero-order chi connectivity index (χ0) is 11.4. The van der Waals surface area contributed by atoms with Crippen LogP contribution in [0.4, 0.5) is 0 Å². The molecular formula is C10H12N4O2. The second-order valence-corrected chi connectivity index (χ2v) is 3.20. The van der Waals surface area contributed by atoms with Crippen LogP contribution >= 0.6 is 0 Å². The minimum Gasteiger partial charge on any atom is -0.419 e. The van der Waals surface area contributed by atoms with Gasteiger partial charge in [0.15, 0.2) is 5.43 Å². The van der Waals surface area contributed by atoms with Gasteiger partial charge in [0, 0.05) is 18.5 Å². The molecule has 0 saturated carbocycles. The van der Waals surface area contributed by atoms with E-state index < -0.39 is 0 Å². The highest BCUT2D eigenvalue weighted by atomic mass is 16.4. The maximum absolute atomic E-state index is 11.5. The van der Waals surface area contributed by atoms with E-state index in [9.17, 15) is 4.79 Å². The SMILES string of the molecule is CCNCc1nnc(-c2c[nH]ccc2=O)o1. The van der Waals surface area contributed by atoms with E-state index in [0.717, 1.165) is 6.54 Å². The Hall–Kier alpha value is -1.95. The highest BCUT2D eigenvalue weighted by Gasteiger charge is 2.10. The van der Waals surface area contributed by atoms with Crippen LogP contribution in [0.5, 0.6) is 0 Å². The maximum atomic E-state index is 11.5. The topological polar surface area (TPSA) is 83.8 Å². The van der Waals surface area contributed by atoms with Gasteiger partial charge in [0.05, 0.1) is 6.54 Å². The fraction of sp³-hybridized carbons (Fsp3) is 0.300. The molecule has 0 bridgehead atoms.